The van der Waals surface area contributed by atoms with E-state index in [4.69, 9.17) is 10.5 Å². The summed E-state index contributed by atoms with van der Waals surface area (Å²) in [5.41, 5.74) is 5.25. The molecule has 0 atom stereocenters. The molecule has 1 aromatic carbocycles. The van der Waals surface area contributed by atoms with E-state index in [-0.39, 0.29) is 5.88 Å². The Balaban J connectivity index is 2.25. The maximum Gasteiger partial charge on any atom is 0.258 e. The van der Waals surface area contributed by atoms with Crippen molar-refractivity contribution in [2.45, 2.75) is 4.90 Å². The Labute approximate surface area is 107 Å². The minimum absolute atomic E-state index is 0.342. The van der Waals surface area contributed by atoms with Gasteiger partial charge in [0.2, 0.25) is 0 Å². The van der Waals surface area contributed by atoms with Crippen LogP contribution in [0, 0.1) is 11.6 Å². The predicted molar refractivity (Wildman–Crippen MR) is 66.9 cm³/mol. The van der Waals surface area contributed by atoms with Crippen molar-refractivity contribution in [3.8, 4) is 11.6 Å². The van der Waals surface area contributed by atoms with Gasteiger partial charge in [0.05, 0.1) is 0 Å². The van der Waals surface area contributed by atoms with Gasteiger partial charge in [-0.1, -0.05) is 0 Å². The van der Waals surface area contributed by atoms with E-state index in [2.05, 4.69) is 4.98 Å². The highest BCUT2D eigenvalue weighted by atomic mass is 32.2. The van der Waals surface area contributed by atoms with Crippen molar-refractivity contribution in [3.05, 3.63) is 42.0 Å². The first-order chi connectivity index (χ1) is 8.60. The molecule has 18 heavy (non-hydrogen) atoms. The first kappa shape index (κ1) is 12.6. The van der Waals surface area contributed by atoms with Gasteiger partial charge in [-0.05, 0) is 30.5 Å². The van der Waals surface area contributed by atoms with Crippen LogP contribution in [0.25, 0.3) is 0 Å². The minimum Gasteiger partial charge on any atom is -0.436 e. The zero-order chi connectivity index (χ0) is 13.1. The third-order valence-electron chi connectivity index (χ3n) is 2.20. The fourth-order valence-electron chi connectivity index (χ4n) is 1.29. The molecule has 94 valence electrons. The minimum atomic E-state index is -0.905. The highest BCUT2D eigenvalue weighted by molar-refractivity contribution is 7.98. The van der Waals surface area contributed by atoms with Crippen molar-refractivity contribution >= 4 is 17.6 Å². The van der Waals surface area contributed by atoms with Gasteiger partial charge in [-0.15, -0.1) is 11.8 Å². The molecule has 0 aliphatic heterocycles. The van der Waals surface area contributed by atoms with Crippen LogP contribution in [0.15, 0.2) is 35.2 Å². The highest BCUT2D eigenvalue weighted by Crippen LogP contribution is 2.26. The van der Waals surface area contributed by atoms with Crippen molar-refractivity contribution in [2.24, 2.45) is 0 Å². The van der Waals surface area contributed by atoms with E-state index in [0.717, 1.165) is 4.90 Å². The number of thioether (sulfide) groups is 1. The van der Waals surface area contributed by atoms with E-state index in [1.54, 1.807) is 23.9 Å². The van der Waals surface area contributed by atoms with Gasteiger partial charge < -0.3 is 10.5 Å². The van der Waals surface area contributed by atoms with Crippen molar-refractivity contribution in [1.29, 1.82) is 0 Å². The van der Waals surface area contributed by atoms with E-state index in [1.165, 1.54) is 0 Å². The maximum absolute atomic E-state index is 13.4. The molecular formula is C12H10F2N2OS. The Hall–Kier alpha value is -1.82. The molecule has 0 saturated heterocycles. The Bertz CT molecular complexity index is 561. The summed E-state index contributed by atoms with van der Waals surface area (Å²) in [6, 6.07) is 7.64. The van der Waals surface area contributed by atoms with Gasteiger partial charge in [-0.25, -0.2) is 8.78 Å². The topological polar surface area (TPSA) is 48.1 Å². The van der Waals surface area contributed by atoms with Crippen molar-refractivity contribution in [2.75, 3.05) is 12.0 Å². The number of benzene rings is 1. The fraction of sp³-hybridized carbons (Fsp3) is 0.0833. The zero-order valence-electron chi connectivity index (χ0n) is 9.48. The summed E-state index contributed by atoms with van der Waals surface area (Å²) in [4.78, 5) is 4.56. The number of ether oxygens (including phenoxy) is 1. The molecule has 2 aromatic rings. The molecule has 0 saturated carbocycles. The number of nitrogens with zero attached hydrogens (tertiary/aromatic N) is 1. The molecule has 1 heterocycles. The maximum atomic E-state index is 13.4. The van der Waals surface area contributed by atoms with Crippen LogP contribution in [0.4, 0.5) is 14.6 Å². The van der Waals surface area contributed by atoms with Crippen LogP contribution in [0.1, 0.15) is 0 Å². The van der Waals surface area contributed by atoms with Crippen LogP contribution < -0.4 is 10.5 Å². The number of halogens is 2. The fourth-order valence-corrected chi connectivity index (χ4v) is 1.70. The van der Waals surface area contributed by atoms with Crippen LogP contribution in [0.2, 0.25) is 0 Å². The first-order valence-electron chi connectivity index (χ1n) is 5.03. The number of pyridine rings is 1. The van der Waals surface area contributed by atoms with Gasteiger partial charge in [0, 0.05) is 11.0 Å². The summed E-state index contributed by atoms with van der Waals surface area (Å²) in [6.07, 6.45) is 1.94. The monoisotopic (exact) mass is 268 g/mol. The normalized spacial score (nSPS) is 10.4. The zero-order valence-corrected chi connectivity index (χ0v) is 10.3. The second kappa shape index (κ2) is 5.22. The van der Waals surface area contributed by atoms with Crippen molar-refractivity contribution in [3.63, 3.8) is 0 Å². The summed E-state index contributed by atoms with van der Waals surface area (Å²) < 4.78 is 31.5. The molecule has 2 N–H and O–H groups in total. The third kappa shape index (κ3) is 2.70. The number of rotatable bonds is 3. The van der Waals surface area contributed by atoms with Gasteiger partial charge in [0.15, 0.2) is 17.5 Å². The van der Waals surface area contributed by atoms with Gasteiger partial charge in [-0.3, -0.25) is 0 Å². The lowest BCUT2D eigenvalue weighted by atomic mass is 10.3. The summed E-state index contributed by atoms with van der Waals surface area (Å²) in [5.74, 6) is -2.13. The van der Waals surface area contributed by atoms with E-state index in [1.807, 2.05) is 18.4 Å². The van der Waals surface area contributed by atoms with Crippen LogP contribution in [-0.2, 0) is 0 Å². The number of hydrogen-bond donors (Lipinski definition) is 1. The molecular weight excluding hydrogens is 258 g/mol. The summed E-state index contributed by atoms with van der Waals surface area (Å²) in [6.45, 7) is 0. The van der Waals surface area contributed by atoms with Gasteiger partial charge in [0.25, 0.3) is 5.88 Å². The number of aromatic nitrogens is 1. The summed E-state index contributed by atoms with van der Waals surface area (Å²) in [5, 5.41) is 0. The van der Waals surface area contributed by atoms with Crippen LogP contribution in [0.3, 0.4) is 0 Å². The molecule has 0 aliphatic rings. The second-order valence-electron chi connectivity index (χ2n) is 3.42. The van der Waals surface area contributed by atoms with Crippen LogP contribution in [0.5, 0.6) is 11.6 Å². The standard InChI is InChI=1S/C12H10F2N2OS/c1-18-8-4-2-7(3-5-8)17-12-10(14)6-9(13)11(15)16-12/h2-6H,1H3,(H2,15,16). The Morgan fingerprint density at radius 3 is 2.44 bits per heavy atom. The molecule has 0 amide bonds. The molecule has 0 fully saturated rings. The van der Waals surface area contributed by atoms with E-state index < -0.39 is 17.5 Å². The van der Waals surface area contributed by atoms with Crippen LogP contribution >= 0.6 is 11.8 Å². The molecule has 6 heteroatoms. The van der Waals surface area contributed by atoms with Crippen molar-refractivity contribution in [1.82, 2.24) is 4.98 Å². The molecule has 0 spiro atoms. The van der Waals surface area contributed by atoms with E-state index in [9.17, 15) is 8.78 Å². The van der Waals surface area contributed by atoms with E-state index in [0.29, 0.717) is 11.8 Å². The lowest BCUT2D eigenvalue weighted by Crippen LogP contribution is -2.00. The summed E-state index contributed by atoms with van der Waals surface area (Å²) >= 11 is 1.58. The average Bonchev–Trinajstić information content (AvgIpc) is 2.37. The van der Waals surface area contributed by atoms with Gasteiger partial charge in [-0.2, -0.15) is 4.98 Å². The summed E-state index contributed by atoms with van der Waals surface area (Å²) in [7, 11) is 0. The Morgan fingerprint density at radius 1 is 1.17 bits per heavy atom. The number of hydrogen-bond acceptors (Lipinski definition) is 4. The molecule has 3 nitrogen and oxygen atoms in total. The molecule has 0 radical (unpaired) electrons. The number of nitrogens with two attached hydrogens (primary N) is 1. The Kier molecular flexibility index (Phi) is 3.66. The largest absolute Gasteiger partial charge is 0.436 e. The molecule has 0 bridgehead atoms. The SMILES string of the molecule is CSc1ccc(Oc2nc(N)c(F)cc2F)cc1. The quantitative estimate of drug-likeness (QED) is 0.866. The lowest BCUT2D eigenvalue weighted by Gasteiger charge is -2.07. The van der Waals surface area contributed by atoms with Gasteiger partial charge >= 0.3 is 0 Å². The highest BCUT2D eigenvalue weighted by Gasteiger charge is 2.11. The molecule has 1 aromatic heterocycles. The Morgan fingerprint density at radius 2 is 1.83 bits per heavy atom. The molecule has 0 aliphatic carbocycles. The van der Waals surface area contributed by atoms with Crippen molar-refractivity contribution < 1.29 is 13.5 Å². The molecule has 0 unspecified atom stereocenters. The second-order valence-corrected chi connectivity index (χ2v) is 4.30. The van der Waals surface area contributed by atoms with Crippen LogP contribution in [-0.4, -0.2) is 11.2 Å². The van der Waals surface area contributed by atoms with Gasteiger partial charge in [0.1, 0.15) is 5.75 Å². The first-order valence-corrected chi connectivity index (χ1v) is 6.26. The lowest BCUT2D eigenvalue weighted by molar-refractivity contribution is 0.418. The number of anilines is 1. The molecule has 2 rings (SSSR count). The smallest absolute Gasteiger partial charge is 0.258 e. The predicted octanol–water partition coefficient (Wildman–Crippen LogP) is 3.46. The van der Waals surface area contributed by atoms with E-state index >= 15 is 0 Å². The number of nitrogen functional groups attached to an aromatic ring is 1. The average molecular weight is 268 g/mol. The third-order valence-corrected chi connectivity index (χ3v) is 2.94.